The summed E-state index contributed by atoms with van der Waals surface area (Å²) in [4.78, 5) is 17.8. The van der Waals surface area contributed by atoms with E-state index < -0.39 is 0 Å². The third-order valence-corrected chi connectivity index (χ3v) is 6.84. The number of benzene rings is 2. The number of aromatic nitrogens is 1. The molecule has 0 spiro atoms. The third-order valence-electron chi connectivity index (χ3n) is 6.84. The predicted molar refractivity (Wildman–Crippen MR) is 133 cm³/mol. The third kappa shape index (κ3) is 3.90. The van der Waals surface area contributed by atoms with Gasteiger partial charge in [0.1, 0.15) is 0 Å². The Morgan fingerprint density at radius 2 is 1.79 bits per heavy atom. The number of piperidine rings is 1. The van der Waals surface area contributed by atoms with Crippen molar-refractivity contribution in [3.8, 4) is 11.5 Å². The van der Waals surface area contributed by atoms with Crippen LogP contribution in [0.25, 0.3) is 16.5 Å². The Bertz CT molecular complexity index is 1240. The topological polar surface area (TPSA) is 67.2 Å². The van der Waals surface area contributed by atoms with E-state index in [1.54, 1.807) is 14.2 Å². The predicted octanol–water partition coefficient (Wildman–Crippen LogP) is 4.02. The molecule has 178 valence electrons. The molecule has 2 aromatic carbocycles. The molecule has 7 nitrogen and oxygen atoms in total. The van der Waals surface area contributed by atoms with Crippen LogP contribution < -0.4 is 14.4 Å². The zero-order chi connectivity index (χ0) is 23.7. The SMILES string of the molecule is COc1cc2c(cc1OC)C(C(=O)N1CCCCC1)=CN(c1cccc3c1ccn3CCO)C2. The van der Waals surface area contributed by atoms with Crippen LogP contribution in [0.3, 0.4) is 0 Å². The maximum Gasteiger partial charge on any atom is 0.255 e. The zero-order valence-corrected chi connectivity index (χ0v) is 19.8. The second-order valence-corrected chi connectivity index (χ2v) is 8.83. The number of aliphatic hydroxyl groups is 1. The molecule has 0 atom stereocenters. The van der Waals surface area contributed by atoms with Gasteiger partial charge in [0.25, 0.3) is 5.91 Å². The Labute approximate surface area is 199 Å². The lowest BCUT2D eigenvalue weighted by Crippen LogP contribution is -2.37. The molecular weight excluding hydrogens is 430 g/mol. The van der Waals surface area contributed by atoms with Gasteiger partial charge in [0.15, 0.2) is 11.5 Å². The highest BCUT2D eigenvalue weighted by molar-refractivity contribution is 6.21. The molecule has 3 aromatic rings. The summed E-state index contributed by atoms with van der Waals surface area (Å²) in [5.74, 6) is 1.33. The van der Waals surface area contributed by atoms with Gasteiger partial charge in [-0.1, -0.05) is 6.07 Å². The number of hydrogen-bond donors (Lipinski definition) is 1. The molecule has 1 N–H and O–H groups in total. The largest absolute Gasteiger partial charge is 0.493 e. The maximum atomic E-state index is 13.7. The van der Waals surface area contributed by atoms with E-state index >= 15 is 0 Å². The number of rotatable bonds is 6. The Kier molecular flexibility index (Phi) is 6.20. The first-order chi connectivity index (χ1) is 16.6. The molecule has 0 radical (unpaired) electrons. The molecule has 3 heterocycles. The summed E-state index contributed by atoms with van der Waals surface area (Å²) in [6.07, 6.45) is 7.24. The fourth-order valence-electron chi connectivity index (χ4n) is 5.11. The van der Waals surface area contributed by atoms with Gasteiger partial charge in [-0.05, 0) is 60.7 Å². The van der Waals surface area contributed by atoms with E-state index in [9.17, 15) is 9.90 Å². The maximum absolute atomic E-state index is 13.7. The van der Waals surface area contributed by atoms with Gasteiger partial charge < -0.3 is 28.9 Å². The second kappa shape index (κ2) is 9.43. The van der Waals surface area contributed by atoms with Crippen molar-refractivity contribution in [2.24, 2.45) is 0 Å². The number of ether oxygens (including phenoxy) is 2. The van der Waals surface area contributed by atoms with Crippen molar-refractivity contribution in [1.29, 1.82) is 0 Å². The van der Waals surface area contributed by atoms with E-state index in [1.165, 1.54) is 6.42 Å². The highest BCUT2D eigenvalue weighted by Crippen LogP contribution is 2.40. The fraction of sp³-hybridized carbons (Fsp3) is 0.370. The van der Waals surface area contributed by atoms with Crippen molar-refractivity contribution in [3.63, 3.8) is 0 Å². The lowest BCUT2D eigenvalue weighted by atomic mass is 9.93. The molecular formula is C27H31N3O4. The van der Waals surface area contributed by atoms with Crippen LogP contribution in [0.2, 0.25) is 0 Å². The first-order valence-corrected chi connectivity index (χ1v) is 11.9. The fourth-order valence-corrected chi connectivity index (χ4v) is 5.11. The summed E-state index contributed by atoms with van der Waals surface area (Å²) in [7, 11) is 3.25. The van der Waals surface area contributed by atoms with E-state index in [0.29, 0.717) is 30.2 Å². The van der Waals surface area contributed by atoms with Crippen molar-refractivity contribution in [3.05, 3.63) is 59.9 Å². The normalized spacial score (nSPS) is 15.8. The van der Waals surface area contributed by atoms with E-state index in [0.717, 1.165) is 53.6 Å². The summed E-state index contributed by atoms with van der Waals surface area (Å²) in [5, 5.41) is 10.5. The lowest BCUT2D eigenvalue weighted by molar-refractivity contribution is -0.125. The molecule has 0 saturated carbocycles. The van der Waals surface area contributed by atoms with E-state index in [2.05, 4.69) is 23.1 Å². The Morgan fingerprint density at radius 1 is 1.03 bits per heavy atom. The van der Waals surface area contributed by atoms with E-state index in [1.807, 2.05) is 40.1 Å². The van der Waals surface area contributed by atoms with Crippen LogP contribution in [0, 0.1) is 0 Å². The molecule has 1 aromatic heterocycles. The van der Waals surface area contributed by atoms with Crippen LogP contribution in [0.4, 0.5) is 5.69 Å². The van der Waals surface area contributed by atoms with Gasteiger partial charge in [0.05, 0.1) is 37.6 Å². The van der Waals surface area contributed by atoms with Crippen molar-refractivity contribution < 1.29 is 19.4 Å². The Morgan fingerprint density at radius 3 is 2.53 bits per heavy atom. The minimum atomic E-state index is 0.0582. The molecule has 7 heteroatoms. The van der Waals surface area contributed by atoms with E-state index in [-0.39, 0.29) is 12.5 Å². The molecule has 2 aliphatic rings. The van der Waals surface area contributed by atoms with Crippen molar-refractivity contribution in [2.45, 2.75) is 32.4 Å². The summed E-state index contributed by atoms with van der Waals surface area (Å²) < 4.78 is 13.2. The molecule has 0 unspecified atom stereocenters. The number of nitrogens with zero attached hydrogens (tertiary/aromatic N) is 3. The van der Waals surface area contributed by atoms with Gasteiger partial charge in [0.2, 0.25) is 0 Å². The first kappa shape index (κ1) is 22.3. The number of hydrogen-bond acceptors (Lipinski definition) is 5. The number of anilines is 1. The highest BCUT2D eigenvalue weighted by atomic mass is 16.5. The van der Waals surface area contributed by atoms with Gasteiger partial charge in [-0.25, -0.2) is 0 Å². The van der Waals surface area contributed by atoms with E-state index in [4.69, 9.17) is 9.47 Å². The number of methoxy groups -OCH3 is 2. The van der Waals surface area contributed by atoms with Gasteiger partial charge >= 0.3 is 0 Å². The number of carbonyl (C=O) groups excluding carboxylic acids is 1. The summed E-state index contributed by atoms with van der Waals surface area (Å²) in [6.45, 7) is 2.82. The van der Waals surface area contributed by atoms with Crippen molar-refractivity contribution in [1.82, 2.24) is 9.47 Å². The number of carbonyl (C=O) groups is 1. The quantitative estimate of drug-likeness (QED) is 0.601. The van der Waals surface area contributed by atoms with Crippen LogP contribution >= 0.6 is 0 Å². The van der Waals surface area contributed by atoms with Gasteiger partial charge in [0, 0.05) is 44.0 Å². The van der Waals surface area contributed by atoms with Gasteiger partial charge in [-0.3, -0.25) is 4.79 Å². The summed E-state index contributed by atoms with van der Waals surface area (Å²) in [6, 6.07) is 12.1. The molecule has 5 rings (SSSR count). The number of likely N-dealkylation sites (tertiary alicyclic amines) is 1. The van der Waals surface area contributed by atoms with Crippen LogP contribution in [0.5, 0.6) is 11.5 Å². The summed E-state index contributed by atoms with van der Waals surface area (Å²) in [5.41, 5.74) is 4.68. The lowest BCUT2D eigenvalue weighted by Gasteiger charge is -2.33. The Hall–Kier alpha value is -3.45. The van der Waals surface area contributed by atoms with Crippen molar-refractivity contribution >= 4 is 28.1 Å². The van der Waals surface area contributed by atoms with Gasteiger partial charge in [-0.2, -0.15) is 0 Å². The van der Waals surface area contributed by atoms with Crippen LogP contribution in [0.1, 0.15) is 30.4 Å². The molecule has 1 saturated heterocycles. The molecule has 2 aliphatic heterocycles. The number of amides is 1. The molecule has 1 amide bonds. The average molecular weight is 462 g/mol. The van der Waals surface area contributed by atoms with Crippen LogP contribution in [0.15, 0.2) is 48.8 Å². The number of fused-ring (bicyclic) bond motifs is 2. The first-order valence-electron chi connectivity index (χ1n) is 11.9. The minimum Gasteiger partial charge on any atom is -0.493 e. The molecule has 0 aliphatic carbocycles. The smallest absolute Gasteiger partial charge is 0.255 e. The Balaban J connectivity index is 1.63. The number of aliphatic hydroxyl groups excluding tert-OH is 1. The molecule has 34 heavy (non-hydrogen) atoms. The highest BCUT2D eigenvalue weighted by Gasteiger charge is 2.29. The average Bonchev–Trinajstić information content (AvgIpc) is 3.30. The summed E-state index contributed by atoms with van der Waals surface area (Å²) >= 11 is 0. The zero-order valence-electron chi connectivity index (χ0n) is 19.8. The second-order valence-electron chi connectivity index (χ2n) is 8.83. The van der Waals surface area contributed by atoms with Crippen molar-refractivity contribution in [2.75, 3.05) is 38.8 Å². The molecule has 1 fully saturated rings. The van der Waals surface area contributed by atoms with Crippen LogP contribution in [-0.2, 0) is 17.9 Å². The standard InChI is InChI=1S/C27H31N3O4/c1-33-25-15-19-17-30(24-8-6-7-23-20(24)9-12-28(23)13-14-31)18-22(21(19)16-26(25)34-2)27(32)29-10-4-3-5-11-29/h6-9,12,15-16,18,31H,3-5,10-11,13-14,17H2,1-2H3. The molecule has 0 bridgehead atoms. The van der Waals surface area contributed by atoms with Crippen LogP contribution in [-0.4, -0.2) is 54.4 Å². The minimum absolute atomic E-state index is 0.0582. The van der Waals surface area contributed by atoms with Gasteiger partial charge in [-0.15, -0.1) is 0 Å². The monoisotopic (exact) mass is 461 g/mol.